The van der Waals surface area contributed by atoms with Gasteiger partial charge in [-0.2, -0.15) is 0 Å². The molecule has 3 heteroatoms. The molecule has 0 saturated heterocycles. The maximum atomic E-state index is 5.94. The van der Waals surface area contributed by atoms with E-state index in [2.05, 4.69) is 94.3 Å². The van der Waals surface area contributed by atoms with Crippen molar-refractivity contribution >= 4 is 29.1 Å². The zero-order valence-corrected chi connectivity index (χ0v) is 18.0. The summed E-state index contributed by atoms with van der Waals surface area (Å²) >= 11 is 5.94. The Kier molecular flexibility index (Phi) is 5.98. The molecule has 0 amide bonds. The van der Waals surface area contributed by atoms with Gasteiger partial charge in [-0.15, -0.1) is 11.6 Å². The van der Waals surface area contributed by atoms with Gasteiger partial charge in [-0.25, -0.2) is 0 Å². The van der Waals surface area contributed by atoms with Crippen LogP contribution in [0.25, 0.3) is 6.08 Å². The number of alkyl halides is 1. The lowest BCUT2D eigenvalue weighted by atomic mass is 9.80. The molecule has 0 radical (unpaired) electrons. The van der Waals surface area contributed by atoms with Gasteiger partial charge in [0.1, 0.15) is 11.7 Å². The summed E-state index contributed by atoms with van der Waals surface area (Å²) in [5.41, 5.74) is 6.87. The number of rotatable bonds is 6. The molecule has 2 nitrogen and oxygen atoms in total. The Balaban J connectivity index is 1.84. The van der Waals surface area contributed by atoms with E-state index in [1.165, 1.54) is 33.0 Å². The van der Waals surface area contributed by atoms with Gasteiger partial charge in [-0.3, -0.25) is 4.90 Å². The highest BCUT2D eigenvalue weighted by Gasteiger charge is 2.45. The highest BCUT2D eigenvalue weighted by atomic mass is 35.5. The highest BCUT2D eigenvalue weighted by Crippen LogP contribution is 2.36. The average molecular weight is 384 g/mol. The smallest absolute Gasteiger partial charge is 0.135 e. The molecule has 0 aliphatic carbocycles. The number of para-hydroxylation sites is 1. The SMILES string of the molecule is CCN(CCCl)c1ccc(/C=C/C2[NH+](C)c3ccccc3C2(C)C)c(C)c1. The van der Waals surface area contributed by atoms with Crippen LogP contribution in [0.3, 0.4) is 0 Å². The van der Waals surface area contributed by atoms with Crippen LogP contribution in [0.4, 0.5) is 11.4 Å². The van der Waals surface area contributed by atoms with E-state index < -0.39 is 0 Å². The van der Waals surface area contributed by atoms with Gasteiger partial charge in [-0.1, -0.05) is 30.3 Å². The standard InChI is InChI=1S/C24H31ClN2/c1-6-27(16-15-25)20-13-11-19(18(2)17-20)12-14-23-24(3,4)21-9-7-8-10-22(21)26(23)5/h7-14,17,23H,6,15-16H2,1-5H3/p+1/b14-12+. The number of likely N-dealkylation sites (N-methyl/N-ethyl adjacent to an activating group) is 1. The minimum Gasteiger partial charge on any atom is -0.371 e. The van der Waals surface area contributed by atoms with E-state index in [1.807, 2.05) is 0 Å². The van der Waals surface area contributed by atoms with Crippen molar-refractivity contribution in [2.24, 2.45) is 0 Å². The van der Waals surface area contributed by atoms with Gasteiger partial charge in [0.15, 0.2) is 0 Å². The molecule has 3 rings (SSSR count). The van der Waals surface area contributed by atoms with Crippen molar-refractivity contribution in [3.63, 3.8) is 0 Å². The number of aryl methyl sites for hydroxylation is 1. The first-order chi connectivity index (χ1) is 12.9. The number of quaternary nitrogens is 1. The summed E-state index contributed by atoms with van der Waals surface area (Å²) in [5, 5.41) is 0. The maximum absolute atomic E-state index is 5.94. The van der Waals surface area contributed by atoms with E-state index in [9.17, 15) is 0 Å². The van der Waals surface area contributed by atoms with Crippen molar-refractivity contribution in [3.8, 4) is 0 Å². The van der Waals surface area contributed by atoms with Gasteiger partial charge < -0.3 is 4.90 Å². The Hall–Kier alpha value is -1.77. The zero-order valence-electron chi connectivity index (χ0n) is 17.2. The molecular formula is C24H32ClN2+. The van der Waals surface area contributed by atoms with Crippen LogP contribution < -0.4 is 9.80 Å². The van der Waals surface area contributed by atoms with Crippen molar-refractivity contribution in [2.45, 2.75) is 39.2 Å². The van der Waals surface area contributed by atoms with E-state index in [1.54, 1.807) is 0 Å². The van der Waals surface area contributed by atoms with Gasteiger partial charge in [0.2, 0.25) is 0 Å². The molecule has 0 saturated carbocycles. The summed E-state index contributed by atoms with van der Waals surface area (Å²) in [6.07, 6.45) is 4.70. The summed E-state index contributed by atoms with van der Waals surface area (Å²) in [5.74, 6) is 0.654. The molecule has 0 fully saturated rings. The molecule has 2 atom stereocenters. The van der Waals surface area contributed by atoms with E-state index in [-0.39, 0.29) is 5.41 Å². The van der Waals surface area contributed by atoms with Crippen molar-refractivity contribution in [3.05, 3.63) is 65.2 Å². The number of fused-ring (bicyclic) bond motifs is 1. The molecule has 1 heterocycles. The second-order valence-corrected chi connectivity index (χ2v) is 8.47. The summed E-state index contributed by atoms with van der Waals surface area (Å²) in [6, 6.07) is 16.0. The average Bonchev–Trinajstić information content (AvgIpc) is 2.85. The van der Waals surface area contributed by atoms with Crippen LogP contribution in [0.2, 0.25) is 0 Å². The van der Waals surface area contributed by atoms with Crippen molar-refractivity contribution < 1.29 is 4.90 Å². The number of hydrogen-bond acceptors (Lipinski definition) is 1. The third kappa shape index (κ3) is 3.79. The summed E-state index contributed by atoms with van der Waals surface area (Å²) < 4.78 is 0. The van der Waals surface area contributed by atoms with Crippen LogP contribution in [0.1, 0.15) is 37.5 Å². The first-order valence-electron chi connectivity index (χ1n) is 9.93. The number of nitrogens with one attached hydrogen (secondary N) is 1. The van der Waals surface area contributed by atoms with Crippen LogP contribution in [0.5, 0.6) is 0 Å². The zero-order chi connectivity index (χ0) is 19.6. The second-order valence-electron chi connectivity index (χ2n) is 8.10. The van der Waals surface area contributed by atoms with Gasteiger partial charge in [0.25, 0.3) is 0 Å². The highest BCUT2D eigenvalue weighted by molar-refractivity contribution is 6.18. The number of benzene rings is 2. The molecule has 0 bridgehead atoms. The lowest BCUT2D eigenvalue weighted by Gasteiger charge is -2.25. The van der Waals surface area contributed by atoms with E-state index in [4.69, 9.17) is 11.6 Å². The molecule has 2 aromatic carbocycles. The minimum absolute atomic E-state index is 0.129. The molecule has 2 aromatic rings. The number of nitrogens with zero attached hydrogens (tertiary/aromatic N) is 1. The molecule has 1 N–H and O–H groups in total. The Morgan fingerprint density at radius 1 is 1.19 bits per heavy atom. The Bertz CT molecular complexity index is 825. The quantitative estimate of drug-likeness (QED) is 0.717. The van der Waals surface area contributed by atoms with Crippen LogP contribution in [0.15, 0.2) is 48.5 Å². The Labute approximate surface area is 169 Å². The monoisotopic (exact) mass is 383 g/mol. The number of halogens is 1. The maximum Gasteiger partial charge on any atom is 0.135 e. The predicted octanol–water partition coefficient (Wildman–Crippen LogP) is 4.58. The van der Waals surface area contributed by atoms with Crippen LogP contribution in [-0.4, -0.2) is 32.1 Å². The van der Waals surface area contributed by atoms with Gasteiger partial charge in [-0.05, 0) is 63.1 Å². The second kappa shape index (κ2) is 8.08. The Morgan fingerprint density at radius 2 is 1.93 bits per heavy atom. The number of anilines is 1. The molecular weight excluding hydrogens is 352 g/mol. The van der Waals surface area contributed by atoms with Crippen LogP contribution in [0, 0.1) is 6.92 Å². The van der Waals surface area contributed by atoms with Gasteiger partial charge >= 0.3 is 0 Å². The molecule has 2 unspecified atom stereocenters. The summed E-state index contributed by atoms with van der Waals surface area (Å²) in [6.45, 7) is 11.0. The summed E-state index contributed by atoms with van der Waals surface area (Å²) in [4.78, 5) is 3.79. The molecule has 0 aromatic heterocycles. The molecule has 0 spiro atoms. The first kappa shape index (κ1) is 20.0. The van der Waals surface area contributed by atoms with Crippen LogP contribution in [-0.2, 0) is 5.41 Å². The predicted molar refractivity (Wildman–Crippen MR) is 119 cm³/mol. The topological polar surface area (TPSA) is 7.68 Å². The fourth-order valence-electron chi connectivity index (χ4n) is 4.47. The van der Waals surface area contributed by atoms with Crippen LogP contribution >= 0.6 is 11.6 Å². The van der Waals surface area contributed by atoms with Crippen molar-refractivity contribution in [1.29, 1.82) is 0 Å². The summed E-state index contributed by atoms with van der Waals surface area (Å²) in [7, 11) is 2.28. The van der Waals surface area contributed by atoms with E-state index in [0.717, 1.165) is 13.1 Å². The van der Waals surface area contributed by atoms with E-state index in [0.29, 0.717) is 11.9 Å². The molecule has 1 aliphatic rings. The fraction of sp³-hybridized carbons (Fsp3) is 0.417. The molecule has 27 heavy (non-hydrogen) atoms. The third-order valence-electron chi connectivity index (χ3n) is 6.11. The van der Waals surface area contributed by atoms with E-state index >= 15 is 0 Å². The fourth-order valence-corrected chi connectivity index (χ4v) is 4.67. The lowest BCUT2D eigenvalue weighted by Crippen LogP contribution is -3.07. The first-order valence-corrected chi connectivity index (χ1v) is 10.5. The number of hydrogen-bond donors (Lipinski definition) is 1. The molecule has 1 aliphatic heterocycles. The van der Waals surface area contributed by atoms with Crippen molar-refractivity contribution in [2.75, 3.05) is 30.9 Å². The Morgan fingerprint density at radius 3 is 2.56 bits per heavy atom. The van der Waals surface area contributed by atoms with Crippen molar-refractivity contribution in [1.82, 2.24) is 0 Å². The lowest BCUT2D eigenvalue weighted by molar-refractivity contribution is -0.828. The largest absolute Gasteiger partial charge is 0.371 e. The minimum atomic E-state index is 0.129. The molecule has 144 valence electrons. The third-order valence-corrected chi connectivity index (χ3v) is 6.28. The normalized spacial score (nSPS) is 20.8. The van der Waals surface area contributed by atoms with Gasteiger partial charge in [0, 0.05) is 30.2 Å². The van der Waals surface area contributed by atoms with Gasteiger partial charge in [0.05, 0.1) is 12.5 Å².